The SMILES string of the molecule is C1=C2CCCC=C2NCC1. The van der Waals surface area contributed by atoms with E-state index in [0.29, 0.717) is 0 Å². The Morgan fingerprint density at radius 1 is 1.20 bits per heavy atom. The van der Waals surface area contributed by atoms with Crippen LogP contribution >= 0.6 is 0 Å². The maximum absolute atomic E-state index is 3.41. The van der Waals surface area contributed by atoms with Crippen LogP contribution in [0.4, 0.5) is 0 Å². The molecule has 2 rings (SSSR count). The summed E-state index contributed by atoms with van der Waals surface area (Å²) in [5.74, 6) is 0. The minimum Gasteiger partial charge on any atom is -0.385 e. The summed E-state index contributed by atoms with van der Waals surface area (Å²) < 4.78 is 0. The molecular formula is C9H13N. The first kappa shape index (κ1) is 6.02. The van der Waals surface area contributed by atoms with E-state index in [4.69, 9.17) is 0 Å². The van der Waals surface area contributed by atoms with Crippen molar-refractivity contribution in [3.8, 4) is 0 Å². The summed E-state index contributed by atoms with van der Waals surface area (Å²) in [5, 5.41) is 3.41. The lowest BCUT2D eigenvalue weighted by Gasteiger charge is -2.22. The first-order valence-electron chi connectivity index (χ1n) is 4.10. The second-order valence-corrected chi connectivity index (χ2v) is 2.95. The predicted molar refractivity (Wildman–Crippen MR) is 42.6 cm³/mol. The normalized spacial score (nSPS) is 24.0. The van der Waals surface area contributed by atoms with E-state index >= 15 is 0 Å². The van der Waals surface area contributed by atoms with Gasteiger partial charge in [-0.15, -0.1) is 0 Å². The smallest absolute Gasteiger partial charge is 0.0329 e. The van der Waals surface area contributed by atoms with Crippen LogP contribution in [-0.4, -0.2) is 6.54 Å². The molecule has 0 saturated heterocycles. The lowest BCUT2D eigenvalue weighted by Crippen LogP contribution is -2.21. The second kappa shape index (κ2) is 2.49. The van der Waals surface area contributed by atoms with Gasteiger partial charge in [-0.3, -0.25) is 0 Å². The highest BCUT2D eigenvalue weighted by molar-refractivity contribution is 5.33. The van der Waals surface area contributed by atoms with Gasteiger partial charge in [0, 0.05) is 12.2 Å². The minimum absolute atomic E-state index is 1.13. The van der Waals surface area contributed by atoms with Crippen LogP contribution in [0.1, 0.15) is 25.7 Å². The summed E-state index contributed by atoms with van der Waals surface area (Å²) in [6, 6.07) is 0. The lowest BCUT2D eigenvalue weighted by atomic mass is 9.95. The largest absolute Gasteiger partial charge is 0.385 e. The molecule has 0 unspecified atom stereocenters. The Morgan fingerprint density at radius 2 is 2.20 bits per heavy atom. The van der Waals surface area contributed by atoms with Crippen molar-refractivity contribution in [2.75, 3.05) is 6.54 Å². The summed E-state index contributed by atoms with van der Waals surface area (Å²) in [4.78, 5) is 0. The quantitative estimate of drug-likeness (QED) is 0.535. The Kier molecular flexibility index (Phi) is 1.50. The van der Waals surface area contributed by atoms with Gasteiger partial charge in [0.05, 0.1) is 0 Å². The number of fused-ring (bicyclic) bond motifs is 1. The Labute approximate surface area is 61.8 Å². The van der Waals surface area contributed by atoms with E-state index in [9.17, 15) is 0 Å². The molecule has 1 nitrogen and oxygen atoms in total. The third kappa shape index (κ3) is 0.962. The minimum atomic E-state index is 1.13. The van der Waals surface area contributed by atoms with Crippen LogP contribution < -0.4 is 5.32 Å². The van der Waals surface area contributed by atoms with Crippen molar-refractivity contribution in [3.63, 3.8) is 0 Å². The topological polar surface area (TPSA) is 12.0 Å². The molecule has 0 bridgehead atoms. The number of hydrogen-bond acceptors (Lipinski definition) is 1. The zero-order valence-corrected chi connectivity index (χ0v) is 6.19. The fourth-order valence-electron chi connectivity index (χ4n) is 1.66. The van der Waals surface area contributed by atoms with Gasteiger partial charge < -0.3 is 5.32 Å². The average Bonchev–Trinajstić information content (AvgIpc) is 2.05. The Hall–Kier alpha value is -0.720. The summed E-state index contributed by atoms with van der Waals surface area (Å²) in [6.07, 6.45) is 9.82. The molecule has 0 aromatic heterocycles. The molecule has 0 saturated carbocycles. The highest BCUT2D eigenvalue weighted by Gasteiger charge is 2.11. The van der Waals surface area contributed by atoms with Crippen LogP contribution in [-0.2, 0) is 0 Å². The van der Waals surface area contributed by atoms with Gasteiger partial charge >= 0.3 is 0 Å². The van der Waals surface area contributed by atoms with Gasteiger partial charge in [-0.05, 0) is 31.3 Å². The molecule has 1 aliphatic carbocycles. The van der Waals surface area contributed by atoms with Crippen molar-refractivity contribution >= 4 is 0 Å². The molecule has 1 heterocycles. The summed E-state index contributed by atoms with van der Waals surface area (Å²) in [6.45, 7) is 1.13. The Bertz CT molecular complexity index is 167. The number of hydrogen-bond donors (Lipinski definition) is 1. The van der Waals surface area contributed by atoms with Crippen LogP contribution in [0.5, 0.6) is 0 Å². The molecule has 0 aromatic carbocycles. The molecule has 1 N–H and O–H groups in total. The van der Waals surface area contributed by atoms with Gasteiger partial charge in [0.15, 0.2) is 0 Å². The molecule has 0 amide bonds. The molecule has 0 aromatic rings. The summed E-state index contributed by atoms with van der Waals surface area (Å²) in [7, 11) is 0. The predicted octanol–water partition coefficient (Wildman–Crippen LogP) is 1.97. The molecule has 0 spiro atoms. The second-order valence-electron chi connectivity index (χ2n) is 2.95. The Morgan fingerprint density at radius 3 is 3.10 bits per heavy atom. The van der Waals surface area contributed by atoms with E-state index in [0.717, 1.165) is 6.54 Å². The number of allylic oxidation sites excluding steroid dienone is 2. The summed E-state index contributed by atoms with van der Waals surface area (Å²) in [5.41, 5.74) is 2.97. The maximum atomic E-state index is 3.41. The highest BCUT2D eigenvalue weighted by atomic mass is 14.9. The van der Waals surface area contributed by atoms with Crippen molar-refractivity contribution in [1.82, 2.24) is 5.32 Å². The lowest BCUT2D eigenvalue weighted by molar-refractivity contribution is 0.695. The van der Waals surface area contributed by atoms with Crippen molar-refractivity contribution < 1.29 is 0 Å². The Balaban J connectivity index is 2.25. The molecule has 10 heavy (non-hydrogen) atoms. The fraction of sp³-hybridized carbons (Fsp3) is 0.556. The molecule has 0 radical (unpaired) electrons. The van der Waals surface area contributed by atoms with Crippen LogP contribution in [0.25, 0.3) is 0 Å². The molecular weight excluding hydrogens is 122 g/mol. The molecule has 0 atom stereocenters. The van der Waals surface area contributed by atoms with Gasteiger partial charge in [0.25, 0.3) is 0 Å². The van der Waals surface area contributed by atoms with Crippen LogP contribution in [0, 0.1) is 0 Å². The molecule has 1 aliphatic heterocycles. The molecule has 2 aliphatic rings. The van der Waals surface area contributed by atoms with E-state index in [-0.39, 0.29) is 0 Å². The zero-order chi connectivity index (χ0) is 6.81. The maximum Gasteiger partial charge on any atom is 0.0329 e. The van der Waals surface area contributed by atoms with E-state index in [1.807, 2.05) is 0 Å². The van der Waals surface area contributed by atoms with E-state index in [1.165, 1.54) is 31.4 Å². The van der Waals surface area contributed by atoms with E-state index in [1.54, 1.807) is 5.57 Å². The van der Waals surface area contributed by atoms with E-state index < -0.39 is 0 Å². The van der Waals surface area contributed by atoms with Crippen molar-refractivity contribution in [1.29, 1.82) is 0 Å². The summed E-state index contributed by atoms with van der Waals surface area (Å²) >= 11 is 0. The van der Waals surface area contributed by atoms with Gasteiger partial charge in [0.1, 0.15) is 0 Å². The fourth-order valence-corrected chi connectivity index (χ4v) is 1.66. The highest BCUT2D eigenvalue weighted by Crippen LogP contribution is 2.24. The van der Waals surface area contributed by atoms with E-state index in [2.05, 4.69) is 17.5 Å². The van der Waals surface area contributed by atoms with Crippen molar-refractivity contribution in [2.45, 2.75) is 25.7 Å². The zero-order valence-electron chi connectivity index (χ0n) is 6.19. The van der Waals surface area contributed by atoms with Crippen LogP contribution in [0.2, 0.25) is 0 Å². The first-order chi connectivity index (χ1) is 4.97. The third-order valence-corrected chi connectivity index (χ3v) is 2.20. The van der Waals surface area contributed by atoms with Crippen LogP contribution in [0.15, 0.2) is 23.4 Å². The molecule has 0 fully saturated rings. The number of nitrogens with one attached hydrogen (secondary N) is 1. The molecule has 1 heteroatoms. The van der Waals surface area contributed by atoms with Gasteiger partial charge in [-0.25, -0.2) is 0 Å². The average molecular weight is 135 g/mol. The van der Waals surface area contributed by atoms with Gasteiger partial charge in [0.2, 0.25) is 0 Å². The van der Waals surface area contributed by atoms with Gasteiger partial charge in [-0.1, -0.05) is 12.2 Å². The number of rotatable bonds is 0. The first-order valence-corrected chi connectivity index (χ1v) is 4.10. The van der Waals surface area contributed by atoms with Gasteiger partial charge in [-0.2, -0.15) is 0 Å². The van der Waals surface area contributed by atoms with Crippen molar-refractivity contribution in [2.24, 2.45) is 0 Å². The van der Waals surface area contributed by atoms with Crippen LogP contribution in [0.3, 0.4) is 0 Å². The molecule has 54 valence electrons. The monoisotopic (exact) mass is 135 g/mol. The standard InChI is InChI=1S/C9H13N/c1-2-6-9-8(4-1)5-3-7-10-9/h5-6,10H,1-4,7H2. The van der Waals surface area contributed by atoms with Crippen molar-refractivity contribution in [3.05, 3.63) is 23.4 Å². The third-order valence-electron chi connectivity index (χ3n) is 2.20.